The standard InChI is InChI=1S/C7H6BNO6/c10-7(11)4-1-5(8(12)13)3-6(2-4)9(14)15/h1-3,12-13H,(H,10,11). The normalized spacial score (nSPS) is 9.73. The second kappa shape index (κ2) is 4.07. The largest absolute Gasteiger partial charge is 0.488 e. The monoisotopic (exact) mass is 211 g/mol. The average molecular weight is 211 g/mol. The van der Waals surface area contributed by atoms with Crippen molar-refractivity contribution in [2.24, 2.45) is 0 Å². The summed E-state index contributed by atoms with van der Waals surface area (Å²) in [6.45, 7) is 0. The van der Waals surface area contributed by atoms with Crippen LogP contribution >= 0.6 is 0 Å². The van der Waals surface area contributed by atoms with Crippen LogP contribution in [0.4, 0.5) is 5.69 Å². The molecule has 0 saturated carbocycles. The lowest BCUT2D eigenvalue weighted by Crippen LogP contribution is -2.30. The van der Waals surface area contributed by atoms with Crippen LogP contribution in [0.15, 0.2) is 18.2 Å². The predicted octanol–water partition coefficient (Wildman–Crippen LogP) is -1.03. The van der Waals surface area contributed by atoms with Gasteiger partial charge in [0.25, 0.3) is 5.69 Å². The van der Waals surface area contributed by atoms with Crippen LogP contribution in [0.2, 0.25) is 0 Å². The van der Waals surface area contributed by atoms with Gasteiger partial charge in [-0.1, -0.05) is 0 Å². The number of hydrogen-bond acceptors (Lipinski definition) is 5. The van der Waals surface area contributed by atoms with Crippen molar-refractivity contribution in [3.63, 3.8) is 0 Å². The molecule has 0 bridgehead atoms. The van der Waals surface area contributed by atoms with Crippen molar-refractivity contribution in [2.75, 3.05) is 0 Å². The third-order valence-electron chi connectivity index (χ3n) is 1.70. The van der Waals surface area contributed by atoms with E-state index in [0.717, 1.165) is 18.2 Å². The van der Waals surface area contributed by atoms with Gasteiger partial charge in [0.05, 0.1) is 10.5 Å². The molecule has 0 fully saturated rings. The number of nitro benzene ring substituents is 1. The van der Waals surface area contributed by atoms with Gasteiger partial charge in [0.1, 0.15) is 0 Å². The molecule has 0 aromatic heterocycles. The van der Waals surface area contributed by atoms with Crippen molar-refractivity contribution >= 4 is 24.2 Å². The molecule has 0 atom stereocenters. The van der Waals surface area contributed by atoms with E-state index in [4.69, 9.17) is 15.2 Å². The fourth-order valence-electron chi connectivity index (χ4n) is 1.01. The molecule has 1 aromatic carbocycles. The number of aromatic carboxylic acids is 1. The van der Waals surface area contributed by atoms with E-state index in [1.54, 1.807) is 0 Å². The highest BCUT2D eigenvalue weighted by atomic mass is 16.6. The molecule has 0 spiro atoms. The predicted molar refractivity (Wildman–Crippen MR) is 49.9 cm³/mol. The molecular formula is C7H6BNO6. The van der Waals surface area contributed by atoms with Crippen LogP contribution in [0.1, 0.15) is 10.4 Å². The molecule has 0 heterocycles. The third-order valence-corrected chi connectivity index (χ3v) is 1.70. The van der Waals surface area contributed by atoms with Crippen LogP contribution in [0, 0.1) is 10.1 Å². The molecule has 1 aromatic rings. The smallest absolute Gasteiger partial charge is 0.478 e. The van der Waals surface area contributed by atoms with Gasteiger partial charge in [-0.15, -0.1) is 0 Å². The molecular weight excluding hydrogens is 205 g/mol. The molecule has 1 rings (SSSR count). The van der Waals surface area contributed by atoms with Crippen molar-refractivity contribution in [1.82, 2.24) is 0 Å². The number of rotatable bonds is 3. The molecule has 0 saturated heterocycles. The van der Waals surface area contributed by atoms with Crippen molar-refractivity contribution in [1.29, 1.82) is 0 Å². The fourth-order valence-corrected chi connectivity index (χ4v) is 1.01. The summed E-state index contributed by atoms with van der Waals surface area (Å²) < 4.78 is 0. The zero-order chi connectivity index (χ0) is 11.6. The Labute approximate surface area is 83.9 Å². The molecule has 0 unspecified atom stereocenters. The number of carbonyl (C=O) groups is 1. The molecule has 0 aliphatic rings. The van der Waals surface area contributed by atoms with Crippen molar-refractivity contribution in [3.05, 3.63) is 33.9 Å². The van der Waals surface area contributed by atoms with Gasteiger partial charge in [-0.3, -0.25) is 10.1 Å². The van der Waals surface area contributed by atoms with Gasteiger partial charge in [-0.25, -0.2) is 4.79 Å². The molecule has 0 aliphatic heterocycles. The van der Waals surface area contributed by atoms with E-state index in [9.17, 15) is 14.9 Å². The molecule has 8 heteroatoms. The summed E-state index contributed by atoms with van der Waals surface area (Å²) in [5.41, 5.74) is -1.10. The Kier molecular flexibility index (Phi) is 3.03. The highest BCUT2D eigenvalue weighted by Crippen LogP contribution is 2.11. The third kappa shape index (κ3) is 2.52. The Balaban J connectivity index is 3.32. The summed E-state index contributed by atoms with van der Waals surface area (Å²) in [6, 6.07) is 2.70. The van der Waals surface area contributed by atoms with Crippen molar-refractivity contribution in [2.45, 2.75) is 0 Å². The molecule has 3 N–H and O–H groups in total. The minimum Gasteiger partial charge on any atom is -0.478 e. The topological polar surface area (TPSA) is 121 Å². The first-order valence-corrected chi connectivity index (χ1v) is 3.80. The first kappa shape index (κ1) is 11.2. The Morgan fingerprint density at radius 3 is 2.33 bits per heavy atom. The van der Waals surface area contributed by atoms with Gasteiger partial charge in [0.15, 0.2) is 0 Å². The van der Waals surface area contributed by atoms with Gasteiger partial charge < -0.3 is 15.2 Å². The maximum Gasteiger partial charge on any atom is 0.488 e. The Morgan fingerprint density at radius 2 is 1.93 bits per heavy atom. The van der Waals surface area contributed by atoms with Crippen LogP contribution in [0.3, 0.4) is 0 Å². The van der Waals surface area contributed by atoms with Crippen LogP contribution in [-0.4, -0.2) is 33.2 Å². The minimum atomic E-state index is -1.94. The zero-order valence-corrected chi connectivity index (χ0v) is 7.32. The maximum absolute atomic E-state index is 10.6. The summed E-state index contributed by atoms with van der Waals surface area (Å²) in [7, 11) is -1.94. The molecule has 0 radical (unpaired) electrons. The molecule has 15 heavy (non-hydrogen) atoms. The summed E-state index contributed by atoms with van der Waals surface area (Å²) in [5, 5.41) is 36.6. The quantitative estimate of drug-likeness (QED) is 0.334. The van der Waals surface area contributed by atoms with Crippen LogP contribution in [-0.2, 0) is 0 Å². The summed E-state index contributed by atoms with van der Waals surface area (Å²) in [6.07, 6.45) is 0. The van der Waals surface area contributed by atoms with Crippen LogP contribution in [0.5, 0.6) is 0 Å². The minimum absolute atomic E-state index is 0.235. The first-order valence-electron chi connectivity index (χ1n) is 3.80. The number of non-ortho nitro benzene ring substituents is 1. The highest BCUT2D eigenvalue weighted by molar-refractivity contribution is 6.58. The maximum atomic E-state index is 10.6. The molecule has 78 valence electrons. The summed E-state index contributed by atoms with van der Waals surface area (Å²) in [4.78, 5) is 20.2. The molecule has 0 amide bonds. The fraction of sp³-hybridized carbons (Fsp3) is 0. The number of hydrogen-bond donors (Lipinski definition) is 3. The van der Waals surface area contributed by atoms with E-state index in [1.165, 1.54) is 0 Å². The lowest BCUT2D eigenvalue weighted by Gasteiger charge is -2.01. The second-order valence-electron chi connectivity index (χ2n) is 2.75. The van der Waals surface area contributed by atoms with Gasteiger partial charge >= 0.3 is 13.1 Å². The van der Waals surface area contributed by atoms with Crippen LogP contribution in [0.25, 0.3) is 0 Å². The van der Waals surface area contributed by atoms with Crippen LogP contribution < -0.4 is 5.46 Å². The van der Waals surface area contributed by atoms with E-state index < -0.39 is 23.7 Å². The molecule has 0 aliphatic carbocycles. The summed E-state index contributed by atoms with van der Waals surface area (Å²) in [5.74, 6) is -1.37. The Morgan fingerprint density at radius 1 is 1.33 bits per heavy atom. The molecule has 7 nitrogen and oxygen atoms in total. The number of carboxylic acids is 1. The van der Waals surface area contributed by atoms with Gasteiger partial charge in [-0.05, 0) is 11.5 Å². The van der Waals surface area contributed by atoms with Gasteiger partial charge in [-0.2, -0.15) is 0 Å². The van der Waals surface area contributed by atoms with E-state index in [1.807, 2.05) is 0 Å². The lowest BCUT2D eigenvalue weighted by molar-refractivity contribution is -0.384. The van der Waals surface area contributed by atoms with Gasteiger partial charge in [0, 0.05) is 12.1 Å². The second-order valence-corrected chi connectivity index (χ2v) is 2.75. The van der Waals surface area contributed by atoms with E-state index in [2.05, 4.69) is 0 Å². The number of carboxylic acid groups (broad SMARTS) is 1. The van der Waals surface area contributed by atoms with E-state index in [0.29, 0.717) is 0 Å². The first-order chi connectivity index (χ1) is 6.91. The number of nitro groups is 1. The summed E-state index contributed by atoms with van der Waals surface area (Å²) >= 11 is 0. The Hall–Kier alpha value is -1.93. The zero-order valence-electron chi connectivity index (χ0n) is 7.32. The SMILES string of the molecule is O=C(O)c1cc(B(O)O)cc([N+](=O)[O-])c1. The van der Waals surface area contributed by atoms with Gasteiger partial charge in [0.2, 0.25) is 0 Å². The number of benzene rings is 1. The van der Waals surface area contributed by atoms with Crippen molar-refractivity contribution in [3.8, 4) is 0 Å². The lowest BCUT2D eigenvalue weighted by atomic mass is 9.79. The average Bonchev–Trinajstić information content (AvgIpc) is 2.16. The Bertz CT molecular complexity index is 386. The van der Waals surface area contributed by atoms with E-state index >= 15 is 0 Å². The highest BCUT2D eigenvalue weighted by Gasteiger charge is 2.19. The number of nitrogens with zero attached hydrogens (tertiary/aromatic N) is 1. The van der Waals surface area contributed by atoms with E-state index in [-0.39, 0.29) is 11.0 Å². The van der Waals surface area contributed by atoms with Crippen molar-refractivity contribution < 1.29 is 24.9 Å².